The molecule has 0 aliphatic carbocycles. The Hall–Kier alpha value is -1.52. The van der Waals surface area contributed by atoms with Gasteiger partial charge < -0.3 is 14.3 Å². The van der Waals surface area contributed by atoms with Gasteiger partial charge in [-0.25, -0.2) is 0 Å². The van der Waals surface area contributed by atoms with E-state index < -0.39 is 6.10 Å². The highest BCUT2D eigenvalue weighted by Gasteiger charge is 2.15. The molecule has 1 N–H and O–H groups in total. The molecule has 84 valence electrons. The second-order valence-corrected chi connectivity index (χ2v) is 3.58. The first kappa shape index (κ1) is 11.0. The van der Waals surface area contributed by atoms with Gasteiger partial charge >= 0.3 is 0 Å². The van der Waals surface area contributed by atoms with Gasteiger partial charge in [-0.3, -0.25) is 4.98 Å². The molecule has 2 rings (SSSR count). The standard InChI is InChI=1S/C11H10ClNO3/c1-15-8-4-7(5-13-6-8)11(14)9-2-3-10(12)16-9/h2-6,11,14H,1H3. The molecule has 1 unspecified atom stereocenters. The molecule has 0 saturated carbocycles. The molecule has 0 aromatic carbocycles. The van der Waals surface area contributed by atoms with Gasteiger partial charge in [-0.05, 0) is 29.8 Å². The Morgan fingerprint density at radius 1 is 1.44 bits per heavy atom. The van der Waals surface area contributed by atoms with E-state index >= 15 is 0 Å². The molecule has 0 bridgehead atoms. The van der Waals surface area contributed by atoms with Crippen molar-refractivity contribution >= 4 is 11.6 Å². The first-order valence-electron chi connectivity index (χ1n) is 4.63. The van der Waals surface area contributed by atoms with Crippen molar-refractivity contribution in [1.29, 1.82) is 0 Å². The summed E-state index contributed by atoms with van der Waals surface area (Å²) in [6.07, 6.45) is 2.21. The molecule has 0 saturated heterocycles. The van der Waals surface area contributed by atoms with Crippen molar-refractivity contribution in [2.45, 2.75) is 6.10 Å². The zero-order chi connectivity index (χ0) is 11.5. The molecule has 2 aromatic heterocycles. The molecular formula is C11H10ClNO3. The van der Waals surface area contributed by atoms with Gasteiger partial charge in [0, 0.05) is 11.8 Å². The zero-order valence-corrected chi connectivity index (χ0v) is 9.31. The summed E-state index contributed by atoms with van der Waals surface area (Å²) >= 11 is 5.63. The Bertz CT molecular complexity index is 484. The van der Waals surface area contributed by atoms with Gasteiger partial charge in [0.05, 0.1) is 13.3 Å². The van der Waals surface area contributed by atoms with Crippen LogP contribution in [0.3, 0.4) is 0 Å². The van der Waals surface area contributed by atoms with Crippen molar-refractivity contribution in [3.05, 3.63) is 47.1 Å². The van der Waals surface area contributed by atoms with E-state index in [1.165, 1.54) is 7.11 Å². The molecule has 16 heavy (non-hydrogen) atoms. The van der Waals surface area contributed by atoms with Gasteiger partial charge in [0.2, 0.25) is 0 Å². The minimum Gasteiger partial charge on any atom is -0.495 e. The van der Waals surface area contributed by atoms with Crippen LogP contribution in [0.4, 0.5) is 0 Å². The number of halogens is 1. The predicted octanol–water partition coefficient (Wildman–Crippen LogP) is 2.42. The summed E-state index contributed by atoms with van der Waals surface area (Å²) in [7, 11) is 1.54. The van der Waals surface area contributed by atoms with Crippen LogP contribution in [0, 0.1) is 0 Å². The lowest BCUT2D eigenvalue weighted by Crippen LogP contribution is -1.99. The number of methoxy groups -OCH3 is 1. The van der Waals surface area contributed by atoms with Gasteiger partial charge in [-0.2, -0.15) is 0 Å². The number of nitrogens with zero attached hydrogens (tertiary/aromatic N) is 1. The SMILES string of the molecule is COc1cncc(C(O)c2ccc(Cl)o2)c1. The zero-order valence-electron chi connectivity index (χ0n) is 8.55. The lowest BCUT2D eigenvalue weighted by molar-refractivity contribution is 0.188. The third-order valence-corrected chi connectivity index (χ3v) is 2.35. The molecule has 4 nitrogen and oxygen atoms in total. The Kier molecular flexibility index (Phi) is 3.12. The third-order valence-electron chi connectivity index (χ3n) is 2.15. The van der Waals surface area contributed by atoms with E-state index in [4.69, 9.17) is 20.8 Å². The second kappa shape index (κ2) is 4.55. The lowest BCUT2D eigenvalue weighted by Gasteiger charge is -2.08. The van der Waals surface area contributed by atoms with Crippen molar-refractivity contribution in [3.63, 3.8) is 0 Å². The number of aliphatic hydroxyl groups excluding tert-OH is 1. The average Bonchev–Trinajstić information content (AvgIpc) is 2.75. The number of aromatic nitrogens is 1. The maximum absolute atomic E-state index is 9.98. The Labute approximate surface area is 97.4 Å². The molecule has 1 atom stereocenters. The fraction of sp³-hybridized carbons (Fsp3) is 0.182. The normalized spacial score (nSPS) is 12.4. The minimum atomic E-state index is -0.893. The van der Waals surface area contributed by atoms with E-state index in [9.17, 15) is 5.11 Å². The van der Waals surface area contributed by atoms with E-state index in [0.29, 0.717) is 17.1 Å². The topological polar surface area (TPSA) is 55.5 Å². The van der Waals surface area contributed by atoms with Crippen LogP contribution in [0.2, 0.25) is 5.22 Å². The Morgan fingerprint density at radius 2 is 2.25 bits per heavy atom. The molecule has 0 aliphatic heterocycles. The molecule has 2 aromatic rings. The maximum atomic E-state index is 9.98. The van der Waals surface area contributed by atoms with E-state index in [1.54, 1.807) is 30.6 Å². The van der Waals surface area contributed by atoms with Crippen molar-refractivity contribution < 1.29 is 14.3 Å². The van der Waals surface area contributed by atoms with Crippen LogP contribution < -0.4 is 4.74 Å². The first-order chi connectivity index (χ1) is 7.70. The molecule has 5 heteroatoms. The molecule has 0 aliphatic rings. The third kappa shape index (κ3) is 2.18. The van der Waals surface area contributed by atoms with Gasteiger partial charge in [-0.1, -0.05) is 0 Å². The van der Waals surface area contributed by atoms with Crippen LogP contribution in [0.15, 0.2) is 35.0 Å². The van der Waals surface area contributed by atoms with Crippen molar-refractivity contribution in [2.75, 3.05) is 7.11 Å². The lowest BCUT2D eigenvalue weighted by atomic mass is 10.1. The molecule has 2 heterocycles. The average molecular weight is 240 g/mol. The number of furan rings is 1. The summed E-state index contributed by atoms with van der Waals surface area (Å²) < 4.78 is 10.1. The number of aliphatic hydroxyl groups is 1. The molecule has 0 amide bonds. The summed E-state index contributed by atoms with van der Waals surface area (Å²) in [5, 5.41) is 10.2. The largest absolute Gasteiger partial charge is 0.495 e. The highest BCUT2D eigenvalue weighted by molar-refractivity contribution is 6.28. The van der Waals surface area contributed by atoms with Gasteiger partial charge in [0.1, 0.15) is 17.6 Å². The fourth-order valence-corrected chi connectivity index (χ4v) is 1.49. The van der Waals surface area contributed by atoms with Crippen LogP contribution >= 0.6 is 11.6 Å². The number of hydrogen-bond donors (Lipinski definition) is 1. The number of rotatable bonds is 3. The number of pyridine rings is 1. The van der Waals surface area contributed by atoms with Crippen molar-refractivity contribution in [3.8, 4) is 5.75 Å². The quantitative estimate of drug-likeness (QED) is 0.894. The van der Waals surface area contributed by atoms with Gasteiger partial charge in [-0.15, -0.1) is 0 Å². The maximum Gasteiger partial charge on any atom is 0.193 e. The van der Waals surface area contributed by atoms with E-state index in [0.717, 1.165) is 0 Å². The number of hydrogen-bond acceptors (Lipinski definition) is 4. The van der Waals surface area contributed by atoms with Gasteiger partial charge in [0.15, 0.2) is 5.22 Å². The summed E-state index contributed by atoms with van der Waals surface area (Å²) in [5.41, 5.74) is 0.588. The predicted molar refractivity (Wildman–Crippen MR) is 58.6 cm³/mol. The van der Waals surface area contributed by atoms with Crippen LogP contribution in [-0.2, 0) is 0 Å². The smallest absolute Gasteiger partial charge is 0.193 e. The van der Waals surface area contributed by atoms with Crippen LogP contribution in [0.1, 0.15) is 17.4 Å². The highest BCUT2D eigenvalue weighted by atomic mass is 35.5. The minimum absolute atomic E-state index is 0.241. The summed E-state index contributed by atoms with van der Waals surface area (Å²) in [6, 6.07) is 4.88. The van der Waals surface area contributed by atoms with Crippen LogP contribution in [0.25, 0.3) is 0 Å². The Morgan fingerprint density at radius 3 is 2.88 bits per heavy atom. The summed E-state index contributed by atoms with van der Waals surface area (Å²) in [6.45, 7) is 0. The summed E-state index contributed by atoms with van der Waals surface area (Å²) in [5.74, 6) is 0.953. The van der Waals surface area contributed by atoms with Crippen molar-refractivity contribution in [1.82, 2.24) is 4.98 Å². The molecular weight excluding hydrogens is 230 g/mol. The molecule has 0 spiro atoms. The van der Waals surface area contributed by atoms with Crippen molar-refractivity contribution in [2.24, 2.45) is 0 Å². The monoisotopic (exact) mass is 239 g/mol. The molecule has 0 radical (unpaired) electrons. The number of ether oxygens (including phenoxy) is 1. The van der Waals surface area contributed by atoms with Crippen LogP contribution in [0.5, 0.6) is 5.75 Å². The van der Waals surface area contributed by atoms with E-state index in [1.807, 2.05) is 0 Å². The van der Waals surface area contributed by atoms with Gasteiger partial charge in [0.25, 0.3) is 0 Å². The first-order valence-corrected chi connectivity index (χ1v) is 5.00. The van der Waals surface area contributed by atoms with Crippen LogP contribution in [-0.4, -0.2) is 17.2 Å². The second-order valence-electron chi connectivity index (χ2n) is 3.20. The Balaban J connectivity index is 2.29. The summed E-state index contributed by atoms with van der Waals surface area (Å²) in [4.78, 5) is 3.95. The molecule has 0 fully saturated rings. The highest BCUT2D eigenvalue weighted by Crippen LogP contribution is 2.26. The fourth-order valence-electron chi connectivity index (χ4n) is 1.34. The van der Waals surface area contributed by atoms with E-state index in [-0.39, 0.29) is 5.22 Å². The van der Waals surface area contributed by atoms with E-state index in [2.05, 4.69) is 4.98 Å².